The third-order valence-electron chi connectivity index (χ3n) is 4.42. The van der Waals surface area contributed by atoms with Crippen molar-refractivity contribution in [2.75, 3.05) is 32.8 Å². The van der Waals surface area contributed by atoms with Crippen molar-refractivity contribution >= 4 is 16.9 Å². The number of anilines is 1. The van der Waals surface area contributed by atoms with Crippen molar-refractivity contribution in [3.8, 4) is 11.3 Å². The maximum atomic E-state index is 5.67. The fraction of sp³-hybridized carbons (Fsp3) is 0.450. The van der Waals surface area contributed by atoms with Crippen LogP contribution in [0.15, 0.2) is 16.7 Å². The van der Waals surface area contributed by atoms with Gasteiger partial charge in [0.1, 0.15) is 17.0 Å². The van der Waals surface area contributed by atoms with E-state index in [0.717, 1.165) is 22.4 Å². The molecule has 27 heavy (non-hydrogen) atoms. The molecule has 3 aromatic rings. The first-order valence-corrected chi connectivity index (χ1v) is 8.91. The molecule has 0 radical (unpaired) electrons. The number of aryl methyl sites for hydroxylation is 4. The minimum absolute atomic E-state index is 0.0612. The van der Waals surface area contributed by atoms with Crippen molar-refractivity contribution in [2.24, 2.45) is 0 Å². The monoisotopic (exact) mass is 370 g/mol. The highest BCUT2D eigenvalue weighted by Crippen LogP contribution is 2.34. The molecule has 0 unspecified atom stereocenters. The van der Waals surface area contributed by atoms with Gasteiger partial charge in [-0.25, -0.2) is 9.97 Å². The van der Waals surface area contributed by atoms with Crippen molar-refractivity contribution in [2.45, 2.75) is 33.7 Å². The lowest BCUT2D eigenvalue weighted by atomic mass is 9.97. The van der Waals surface area contributed by atoms with Crippen molar-refractivity contribution in [1.82, 2.24) is 15.1 Å². The van der Waals surface area contributed by atoms with Gasteiger partial charge in [0.25, 0.3) is 0 Å². The second kappa shape index (κ2) is 8.02. The predicted octanol–water partition coefficient (Wildman–Crippen LogP) is 3.59. The van der Waals surface area contributed by atoms with Crippen LogP contribution < -0.4 is 5.32 Å². The molecule has 2 aromatic heterocycles. The van der Waals surface area contributed by atoms with Gasteiger partial charge in [0.05, 0.1) is 19.3 Å². The van der Waals surface area contributed by atoms with Gasteiger partial charge in [-0.05, 0) is 38.8 Å². The molecule has 1 aromatic carbocycles. The molecule has 144 valence electrons. The van der Waals surface area contributed by atoms with E-state index in [1.54, 1.807) is 14.2 Å². The fourth-order valence-corrected chi connectivity index (χ4v) is 3.49. The van der Waals surface area contributed by atoms with E-state index < -0.39 is 0 Å². The van der Waals surface area contributed by atoms with Crippen LogP contribution >= 0.6 is 0 Å². The van der Waals surface area contributed by atoms with E-state index in [0.29, 0.717) is 36.0 Å². The van der Waals surface area contributed by atoms with Crippen LogP contribution in [0.25, 0.3) is 22.4 Å². The Bertz CT molecular complexity index is 923. The summed E-state index contributed by atoms with van der Waals surface area (Å²) in [5.74, 6) is 1.24. The Balaban J connectivity index is 2.11. The average molecular weight is 370 g/mol. The van der Waals surface area contributed by atoms with Gasteiger partial charge in [0.2, 0.25) is 5.58 Å². The lowest BCUT2D eigenvalue weighted by Gasteiger charge is -2.17. The SMILES string of the molecule is COCC(COC)Nc1nc(C)nc2c(-c3c(C)cc(C)cc3C)noc12. The molecule has 0 fully saturated rings. The molecule has 0 atom stereocenters. The highest BCUT2D eigenvalue weighted by molar-refractivity contribution is 5.95. The van der Waals surface area contributed by atoms with Crippen LogP contribution in [0.5, 0.6) is 0 Å². The summed E-state index contributed by atoms with van der Waals surface area (Å²) in [6.07, 6.45) is 0. The third kappa shape index (κ3) is 3.94. The molecule has 7 heteroatoms. The maximum Gasteiger partial charge on any atom is 0.228 e. The summed E-state index contributed by atoms with van der Waals surface area (Å²) in [5.41, 5.74) is 6.53. The number of nitrogens with zero attached hydrogens (tertiary/aromatic N) is 3. The molecule has 3 rings (SSSR count). The van der Waals surface area contributed by atoms with E-state index in [9.17, 15) is 0 Å². The number of methoxy groups -OCH3 is 2. The summed E-state index contributed by atoms with van der Waals surface area (Å²) in [4.78, 5) is 9.11. The lowest BCUT2D eigenvalue weighted by molar-refractivity contribution is 0.126. The summed E-state index contributed by atoms with van der Waals surface area (Å²) >= 11 is 0. The smallest absolute Gasteiger partial charge is 0.228 e. The van der Waals surface area contributed by atoms with Gasteiger partial charge in [-0.3, -0.25) is 0 Å². The van der Waals surface area contributed by atoms with E-state index in [1.807, 2.05) is 6.92 Å². The van der Waals surface area contributed by atoms with Gasteiger partial charge in [0.15, 0.2) is 5.82 Å². The number of nitrogens with one attached hydrogen (secondary N) is 1. The second-order valence-corrected chi connectivity index (χ2v) is 6.85. The van der Waals surface area contributed by atoms with Crippen LogP contribution in [0, 0.1) is 27.7 Å². The molecular weight excluding hydrogens is 344 g/mol. The molecule has 0 aliphatic carbocycles. The number of fused-ring (bicyclic) bond motifs is 1. The molecule has 0 spiro atoms. The van der Waals surface area contributed by atoms with Crippen LogP contribution in [-0.2, 0) is 9.47 Å². The van der Waals surface area contributed by atoms with Gasteiger partial charge in [-0.1, -0.05) is 22.9 Å². The van der Waals surface area contributed by atoms with E-state index in [4.69, 9.17) is 14.0 Å². The lowest BCUT2D eigenvalue weighted by Crippen LogP contribution is -2.30. The van der Waals surface area contributed by atoms with Gasteiger partial charge < -0.3 is 19.3 Å². The Kier molecular flexibility index (Phi) is 5.72. The first-order chi connectivity index (χ1) is 12.9. The first kappa shape index (κ1) is 19.3. The summed E-state index contributed by atoms with van der Waals surface area (Å²) in [7, 11) is 3.31. The van der Waals surface area contributed by atoms with E-state index in [1.165, 1.54) is 5.56 Å². The first-order valence-electron chi connectivity index (χ1n) is 8.91. The quantitative estimate of drug-likeness (QED) is 0.680. The Labute approximate surface area is 159 Å². The highest BCUT2D eigenvalue weighted by Gasteiger charge is 2.21. The Morgan fingerprint density at radius 3 is 2.22 bits per heavy atom. The summed E-state index contributed by atoms with van der Waals surface area (Å²) < 4.78 is 16.2. The van der Waals surface area contributed by atoms with Crippen LogP contribution in [-0.4, -0.2) is 48.6 Å². The Morgan fingerprint density at radius 2 is 1.63 bits per heavy atom. The van der Waals surface area contributed by atoms with Crippen LogP contribution in [0.3, 0.4) is 0 Å². The minimum Gasteiger partial charge on any atom is -0.382 e. The Morgan fingerprint density at radius 1 is 1.00 bits per heavy atom. The zero-order valence-corrected chi connectivity index (χ0v) is 16.7. The average Bonchev–Trinajstić information content (AvgIpc) is 2.98. The molecule has 0 aliphatic heterocycles. The van der Waals surface area contributed by atoms with Gasteiger partial charge in [-0.15, -0.1) is 0 Å². The summed E-state index contributed by atoms with van der Waals surface area (Å²) in [5, 5.41) is 7.67. The van der Waals surface area contributed by atoms with Crippen molar-refractivity contribution < 1.29 is 14.0 Å². The van der Waals surface area contributed by atoms with Crippen molar-refractivity contribution in [1.29, 1.82) is 0 Å². The molecule has 0 bridgehead atoms. The number of aromatic nitrogens is 3. The van der Waals surface area contributed by atoms with Gasteiger partial charge in [-0.2, -0.15) is 0 Å². The summed E-state index contributed by atoms with van der Waals surface area (Å²) in [6.45, 7) is 9.07. The van der Waals surface area contributed by atoms with Crippen LogP contribution in [0.4, 0.5) is 5.82 Å². The number of hydrogen-bond donors (Lipinski definition) is 1. The molecule has 7 nitrogen and oxygen atoms in total. The molecule has 0 saturated heterocycles. The largest absolute Gasteiger partial charge is 0.382 e. The number of ether oxygens (including phenoxy) is 2. The molecule has 0 aliphatic rings. The number of hydrogen-bond acceptors (Lipinski definition) is 7. The number of rotatable bonds is 7. The molecule has 0 saturated carbocycles. The Hall–Kier alpha value is -2.51. The van der Waals surface area contributed by atoms with E-state index >= 15 is 0 Å². The van der Waals surface area contributed by atoms with Gasteiger partial charge in [0, 0.05) is 19.8 Å². The van der Waals surface area contributed by atoms with E-state index in [-0.39, 0.29) is 6.04 Å². The minimum atomic E-state index is -0.0612. The van der Waals surface area contributed by atoms with Crippen molar-refractivity contribution in [3.63, 3.8) is 0 Å². The van der Waals surface area contributed by atoms with E-state index in [2.05, 4.69) is 53.3 Å². The normalized spacial score (nSPS) is 11.5. The maximum absolute atomic E-state index is 5.67. The fourth-order valence-electron chi connectivity index (χ4n) is 3.49. The molecule has 0 amide bonds. The zero-order chi connectivity index (χ0) is 19.6. The topological polar surface area (TPSA) is 82.3 Å². The van der Waals surface area contributed by atoms with Crippen molar-refractivity contribution in [3.05, 3.63) is 34.6 Å². The summed E-state index contributed by atoms with van der Waals surface area (Å²) in [6, 6.07) is 4.22. The third-order valence-corrected chi connectivity index (χ3v) is 4.42. The second-order valence-electron chi connectivity index (χ2n) is 6.85. The van der Waals surface area contributed by atoms with Crippen LogP contribution in [0.2, 0.25) is 0 Å². The van der Waals surface area contributed by atoms with Gasteiger partial charge >= 0.3 is 0 Å². The molecule has 1 N–H and O–H groups in total. The molecule has 2 heterocycles. The number of benzene rings is 1. The predicted molar refractivity (Wildman–Crippen MR) is 105 cm³/mol. The van der Waals surface area contributed by atoms with Crippen LogP contribution in [0.1, 0.15) is 22.5 Å². The highest BCUT2D eigenvalue weighted by atomic mass is 16.5. The zero-order valence-electron chi connectivity index (χ0n) is 16.7. The standard InChI is InChI=1S/C20H26N4O3/c1-11-7-12(2)16(13(3)8-11)17-18-19(27-24-17)20(22-14(4)21-18)23-15(9-25-5)10-26-6/h7-8,15H,9-10H2,1-6H3,(H,21,22,23). The molecular formula is C20H26N4O3.